The summed E-state index contributed by atoms with van der Waals surface area (Å²) in [6.45, 7) is 3.33. The van der Waals surface area contributed by atoms with E-state index in [2.05, 4.69) is 33.9 Å². The van der Waals surface area contributed by atoms with Crippen LogP contribution in [-0.4, -0.2) is 76.5 Å². The Morgan fingerprint density at radius 2 is 1.81 bits per heavy atom. The molecule has 0 aliphatic carbocycles. The third-order valence-electron chi connectivity index (χ3n) is 3.98. The number of carboxylic acids is 1. The minimum atomic E-state index is -1.25. The van der Waals surface area contributed by atoms with Crippen molar-refractivity contribution in [1.29, 1.82) is 0 Å². The monoisotopic (exact) mass is 390 g/mol. The fraction of sp³-hybridized carbons (Fsp3) is 0.733. The van der Waals surface area contributed by atoms with Gasteiger partial charge in [-0.2, -0.15) is 12.6 Å². The van der Waals surface area contributed by atoms with E-state index in [1.165, 1.54) is 13.8 Å². The molecule has 1 saturated heterocycles. The Bertz CT molecular complexity index is 538. The number of carboxylic acid groups (broad SMARTS) is 1. The fourth-order valence-electron chi connectivity index (χ4n) is 2.40. The van der Waals surface area contributed by atoms with Crippen molar-refractivity contribution in [3.8, 4) is 0 Å². The number of thiol groups is 1. The molecule has 3 amide bonds. The van der Waals surface area contributed by atoms with Gasteiger partial charge in [0.15, 0.2) is 0 Å². The Balaban J connectivity index is 2.69. The molecular formula is C15H26N4O6S. The molecule has 1 aliphatic rings. The first-order chi connectivity index (χ1) is 12.2. The molecule has 0 aromatic rings. The van der Waals surface area contributed by atoms with E-state index in [9.17, 15) is 24.3 Å². The minimum absolute atomic E-state index is 0.0887. The summed E-state index contributed by atoms with van der Waals surface area (Å²) in [5.74, 6) is -3.20. The van der Waals surface area contributed by atoms with Crippen LogP contribution in [0, 0.1) is 0 Å². The molecule has 148 valence electrons. The molecule has 0 saturated carbocycles. The van der Waals surface area contributed by atoms with Crippen molar-refractivity contribution >= 4 is 36.3 Å². The van der Waals surface area contributed by atoms with E-state index >= 15 is 0 Å². The summed E-state index contributed by atoms with van der Waals surface area (Å²) in [4.78, 5) is 47.4. The predicted octanol–water partition coefficient (Wildman–Crippen LogP) is -2.39. The van der Waals surface area contributed by atoms with Crippen LogP contribution in [0.25, 0.3) is 0 Å². The second kappa shape index (κ2) is 10.3. The van der Waals surface area contributed by atoms with Gasteiger partial charge in [0, 0.05) is 5.75 Å². The van der Waals surface area contributed by atoms with Crippen molar-refractivity contribution in [1.82, 2.24) is 21.3 Å². The van der Waals surface area contributed by atoms with Crippen LogP contribution >= 0.6 is 12.6 Å². The summed E-state index contributed by atoms with van der Waals surface area (Å²) in [6, 6.07) is -3.93. The van der Waals surface area contributed by atoms with Crippen molar-refractivity contribution in [3.63, 3.8) is 0 Å². The van der Waals surface area contributed by atoms with E-state index in [0.717, 1.165) is 6.42 Å². The lowest BCUT2D eigenvalue weighted by atomic mass is 10.1. The van der Waals surface area contributed by atoms with Gasteiger partial charge in [-0.15, -0.1) is 0 Å². The SMILES string of the molecule is CC(NC(=O)C(CS)NC(=O)C(NC(=O)C1CCCN1)C(C)O)C(=O)O. The number of hydrogen-bond acceptors (Lipinski definition) is 7. The number of nitrogens with one attached hydrogen (secondary N) is 4. The number of hydrogen-bond donors (Lipinski definition) is 7. The van der Waals surface area contributed by atoms with Crippen LogP contribution in [0.2, 0.25) is 0 Å². The van der Waals surface area contributed by atoms with Gasteiger partial charge in [0.05, 0.1) is 12.1 Å². The van der Waals surface area contributed by atoms with Crippen LogP contribution in [0.4, 0.5) is 0 Å². The first-order valence-electron chi connectivity index (χ1n) is 8.33. The van der Waals surface area contributed by atoms with E-state index in [1.807, 2.05) is 0 Å². The molecule has 5 unspecified atom stereocenters. The predicted molar refractivity (Wildman–Crippen MR) is 95.7 cm³/mol. The molecule has 1 heterocycles. The van der Waals surface area contributed by atoms with E-state index in [0.29, 0.717) is 13.0 Å². The normalized spacial score (nSPS) is 21.2. The first-order valence-corrected chi connectivity index (χ1v) is 8.96. The summed E-state index contributed by atoms with van der Waals surface area (Å²) in [5, 5.41) is 28.7. The molecule has 0 aromatic heterocycles. The molecule has 1 rings (SSSR count). The van der Waals surface area contributed by atoms with Gasteiger partial charge in [0.25, 0.3) is 0 Å². The lowest BCUT2D eigenvalue weighted by Gasteiger charge is -2.25. The summed E-state index contributed by atoms with van der Waals surface area (Å²) < 4.78 is 0. The summed E-state index contributed by atoms with van der Waals surface area (Å²) in [6.07, 6.45) is 0.282. The molecule has 26 heavy (non-hydrogen) atoms. The molecule has 0 radical (unpaired) electrons. The Kier molecular flexibility index (Phi) is 8.82. The fourth-order valence-corrected chi connectivity index (χ4v) is 2.66. The van der Waals surface area contributed by atoms with E-state index < -0.39 is 54.0 Å². The van der Waals surface area contributed by atoms with Gasteiger partial charge >= 0.3 is 5.97 Å². The number of aliphatic carboxylic acids is 1. The lowest BCUT2D eigenvalue weighted by Crippen LogP contribution is -2.60. The molecule has 0 spiro atoms. The van der Waals surface area contributed by atoms with Gasteiger partial charge in [-0.25, -0.2) is 0 Å². The zero-order valence-corrected chi connectivity index (χ0v) is 15.6. The van der Waals surface area contributed by atoms with Crippen LogP contribution in [0.5, 0.6) is 0 Å². The largest absolute Gasteiger partial charge is 0.480 e. The number of carbonyl (C=O) groups is 4. The van der Waals surface area contributed by atoms with Crippen molar-refractivity contribution in [2.45, 2.75) is 57.0 Å². The van der Waals surface area contributed by atoms with Gasteiger partial charge < -0.3 is 31.5 Å². The molecular weight excluding hydrogens is 364 g/mol. The Hall–Kier alpha value is -1.85. The van der Waals surface area contributed by atoms with Crippen LogP contribution in [0.3, 0.4) is 0 Å². The Labute approximate surface area is 156 Å². The highest BCUT2D eigenvalue weighted by molar-refractivity contribution is 7.80. The van der Waals surface area contributed by atoms with Crippen molar-refractivity contribution in [2.75, 3.05) is 12.3 Å². The van der Waals surface area contributed by atoms with Gasteiger partial charge in [-0.05, 0) is 33.2 Å². The van der Waals surface area contributed by atoms with E-state index in [1.54, 1.807) is 0 Å². The van der Waals surface area contributed by atoms with Crippen LogP contribution < -0.4 is 21.3 Å². The van der Waals surface area contributed by atoms with Crippen molar-refractivity contribution < 1.29 is 29.4 Å². The summed E-state index contributed by atoms with van der Waals surface area (Å²) in [5.41, 5.74) is 0. The topological polar surface area (TPSA) is 157 Å². The maximum atomic E-state index is 12.4. The van der Waals surface area contributed by atoms with Crippen LogP contribution in [0.1, 0.15) is 26.7 Å². The maximum absolute atomic E-state index is 12.4. The molecule has 1 aliphatic heterocycles. The third-order valence-corrected chi connectivity index (χ3v) is 4.35. The number of aliphatic hydroxyl groups is 1. The zero-order chi connectivity index (χ0) is 19.9. The maximum Gasteiger partial charge on any atom is 0.325 e. The average Bonchev–Trinajstić information content (AvgIpc) is 3.11. The number of rotatable bonds is 9. The molecule has 6 N–H and O–H groups in total. The van der Waals surface area contributed by atoms with Crippen molar-refractivity contribution in [2.24, 2.45) is 0 Å². The lowest BCUT2D eigenvalue weighted by molar-refractivity contribution is -0.141. The Morgan fingerprint density at radius 3 is 2.27 bits per heavy atom. The summed E-state index contributed by atoms with van der Waals surface area (Å²) >= 11 is 3.98. The van der Waals surface area contributed by atoms with Gasteiger partial charge in [0.1, 0.15) is 18.1 Å². The molecule has 11 heteroatoms. The number of carbonyl (C=O) groups excluding carboxylic acids is 3. The smallest absolute Gasteiger partial charge is 0.325 e. The number of amides is 3. The van der Waals surface area contributed by atoms with Crippen LogP contribution in [-0.2, 0) is 19.2 Å². The third kappa shape index (κ3) is 6.46. The van der Waals surface area contributed by atoms with Gasteiger partial charge in [0.2, 0.25) is 17.7 Å². The molecule has 0 aromatic carbocycles. The molecule has 5 atom stereocenters. The van der Waals surface area contributed by atoms with E-state index in [-0.39, 0.29) is 5.75 Å². The highest BCUT2D eigenvalue weighted by Crippen LogP contribution is 2.06. The first kappa shape index (κ1) is 22.2. The Morgan fingerprint density at radius 1 is 1.15 bits per heavy atom. The van der Waals surface area contributed by atoms with Crippen LogP contribution in [0.15, 0.2) is 0 Å². The average molecular weight is 390 g/mol. The van der Waals surface area contributed by atoms with Gasteiger partial charge in [-0.1, -0.05) is 0 Å². The highest BCUT2D eigenvalue weighted by atomic mass is 32.1. The van der Waals surface area contributed by atoms with E-state index in [4.69, 9.17) is 5.11 Å². The number of aliphatic hydroxyl groups excluding tert-OH is 1. The second-order valence-corrected chi connectivity index (χ2v) is 6.55. The molecule has 0 bridgehead atoms. The standard InChI is InChI=1S/C15H26N4O6S/c1-7(15(24)25)17-13(22)10(6-26)18-14(23)11(8(2)20)19-12(21)9-4-3-5-16-9/h7-11,16,20,26H,3-6H2,1-2H3,(H,17,22)(H,18,23)(H,19,21)(H,24,25). The second-order valence-electron chi connectivity index (χ2n) is 6.19. The molecule has 10 nitrogen and oxygen atoms in total. The van der Waals surface area contributed by atoms with Crippen molar-refractivity contribution in [3.05, 3.63) is 0 Å². The zero-order valence-electron chi connectivity index (χ0n) is 14.7. The minimum Gasteiger partial charge on any atom is -0.480 e. The molecule has 1 fully saturated rings. The quantitative estimate of drug-likeness (QED) is 0.216. The summed E-state index contributed by atoms with van der Waals surface area (Å²) in [7, 11) is 0. The highest BCUT2D eigenvalue weighted by Gasteiger charge is 2.32. The van der Waals surface area contributed by atoms with Gasteiger partial charge in [-0.3, -0.25) is 19.2 Å².